The number of fused-ring (bicyclic) bond motifs is 2. The third kappa shape index (κ3) is 4.12. The lowest BCUT2D eigenvalue weighted by molar-refractivity contribution is 0.0510. The average Bonchev–Trinajstić information content (AvgIpc) is 2.72. The Bertz CT molecular complexity index is 829. The Labute approximate surface area is 166 Å². The SMILES string of the molecule is COCc1ccc(C2=CC3CCCC(C2)N3C(=O)OCc2ccccc2)cc1. The molecule has 2 atom stereocenters. The fraction of sp³-hybridized carbons (Fsp3) is 0.375. The molecule has 0 radical (unpaired) electrons. The number of piperidine rings is 1. The number of carbonyl (C=O) groups excluding carboxylic acids is 1. The predicted molar refractivity (Wildman–Crippen MR) is 110 cm³/mol. The predicted octanol–water partition coefficient (Wildman–Crippen LogP) is 5.18. The highest BCUT2D eigenvalue weighted by Gasteiger charge is 2.38. The molecule has 2 aliphatic rings. The minimum atomic E-state index is -0.190. The summed E-state index contributed by atoms with van der Waals surface area (Å²) in [6.45, 7) is 0.957. The van der Waals surface area contributed by atoms with Crippen LogP contribution in [0.25, 0.3) is 5.57 Å². The van der Waals surface area contributed by atoms with Crippen LogP contribution in [-0.2, 0) is 22.7 Å². The number of methoxy groups -OCH3 is 1. The van der Waals surface area contributed by atoms with E-state index in [0.717, 1.165) is 31.2 Å². The molecule has 0 N–H and O–H groups in total. The molecular formula is C24H27NO3. The molecule has 4 nitrogen and oxygen atoms in total. The van der Waals surface area contributed by atoms with Crippen molar-refractivity contribution >= 4 is 11.7 Å². The van der Waals surface area contributed by atoms with Gasteiger partial charge in [-0.3, -0.25) is 4.90 Å². The van der Waals surface area contributed by atoms with Gasteiger partial charge in [-0.25, -0.2) is 4.79 Å². The molecule has 2 aromatic rings. The zero-order chi connectivity index (χ0) is 19.3. The summed E-state index contributed by atoms with van der Waals surface area (Å²) in [5.74, 6) is 0. The molecule has 2 unspecified atom stereocenters. The maximum atomic E-state index is 12.8. The van der Waals surface area contributed by atoms with Gasteiger partial charge >= 0.3 is 6.09 Å². The van der Waals surface area contributed by atoms with E-state index >= 15 is 0 Å². The minimum Gasteiger partial charge on any atom is -0.445 e. The first kappa shape index (κ1) is 18.8. The Balaban J connectivity index is 1.47. The molecule has 2 aliphatic heterocycles. The van der Waals surface area contributed by atoms with E-state index in [1.807, 2.05) is 35.2 Å². The van der Waals surface area contributed by atoms with Gasteiger partial charge in [-0.2, -0.15) is 0 Å². The smallest absolute Gasteiger partial charge is 0.410 e. The molecule has 0 aromatic heterocycles. The fourth-order valence-electron chi connectivity index (χ4n) is 4.30. The zero-order valence-corrected chi connectivity index (χ0v) is 16.3. The van der Waals surface area contributed by atoms with Crippen LogP contribution in [0.1, 0.15) is 42.4 Å². The van der Waals surface area contributed by atoms with E-state index in [-0.39, 0.29) is 18.2 Å². The van der Waals surface area contributed by atoms with Gasteiger partial charge in [-0.1, -0.05) is 60.7 Å². The van der Waals surface area contributed by atoms with Gasteiger partial charge in [0.1, 0.15) is 6.61 Å². The maximum Gasteiger partial charge on any atom is 0.410 e. The summed E-state index contributed by atoms with van der Waals surface area (Å²) in [6.07, 6.45) is 6.17. The Morgan fingerprint density at radius 1 is 1.00 bits per heavy atom. The van der Waals surface area contributed by atoms with Crippen molar-refractivity contribution in [1.82, 2.24) is 4.90 Å². The van der Waals surface area contributed by atoms with E-state index < -0.39 is 0 Å². The van der Waals surface area contributed by atoms with E-state index in [9.17, 15) is 4.79 Å². The van der Waals surface area contributed by atoms with Crippen molar-refractivity contribution in [3.63, 3.8) is 0 Å². The minimum absolute atomic E-state index is 0.129. The second kappa shape index (κ2) is 8.61. The second-order valence-electron chi connectivity index (χ2n) is 7.63. The quantitative estimate of drug-likeness (QED) is 0.721. The van der Waals surface area contributed by atoms with Crippen molar-refractivity contribution in [1.29, 1.82) is 0 Å². The molecule has 1 amide bonds. The summed E-state index contributed by atoms with van der Waals surface area (Å²) < 4.78 is 10.8. The van der Waals surface area contributed by atoms with Crippen LogP contribution in [0.5, 0.6) is 0 Å². The van der Waals surface area contributed by atoms with Crippen LogP contribution in [0.4, 0.5) is 4.79 Å². The lowest BCUT2D eigenvalue weighted by atomic mass is 9.83. The van der Waals surface area contributed by atoms with E-state index in [2.05, 4.69) is 30.3 Å². The molecule has 4 heteroatoms. The van der Waals surface area contributed by atoms with Gasteiger partial charge < -0.3 is 9.47 Å². The van der Waals surface area contributed by atoms with E-state index in [0.29, 0.717) is 13.2 Å². The number of nitrogens with zero attached hydrogens (tertiary/aromatic N) is 1. The van der Waals surface area contributed by atoms with Crippen molar-refractivity contribution in [3.05, 3.63) is 77.4 Å². The van der Waals surface area contributed by atoms with Gasteiger partial charge in [0.15, 0.2) is 0 Å². The van der Waals surface area contributed by atoms with Gasteiger partial charge in [0.05, 0.1) is 12.6 Å². The van der Waals surface area contributed by atoms with Gasteiger partial charge in [-0.05, 0) is 47.9 Å². The molecule has 28 heavy (non-hydrogen) atoms. The molecule has 1 fully saturated rings. The number of hydrogen-bond acceptors (Lipinski definition) is 3. The highest BCUT2D eigenvalue weighted by Crippen LogP contribution is 2.37. The summed E-state index contributed by atoms with van der Waals surface area (Å²) in [7, 11) is 1.71. The van der Waals surface area contributed by atoms with Crippen molar-refractivity contribution in [3.8, 4) is 0 Å². The third-order valence-electron chi connectivity index (χ3n) is 5.69. The van der Waals surface area contributed by atoms with Gasteiger partial charge in [-0.15, -0.1) is 0 Å². The molecular weight excluding hydrogens is 350 g/mol. The van der Waals surface area contributed by atoms with Crippen molar-refractivity contribution in [2.24, 2.45) is 0 Å². The molecule has 2 bridgehead atoms. The van der Waals surface area contributed by atoms with E-state index in [4.69, 9.17) is 9.47 Å². The average molecular weight is 377 g/mol. The number of ether oxygens (including phenoxy) is 2. The maximum absolute atomic E-state index is 12.8. The fourth-order valence-corrected chi connectivity index (χ4v) is 4.30. The first-order valence-electron chi connectivity index (χ1n) is 10.0. The van der Waals surface area contributed by atoms with Crippen LogP contribution in [0.3, 0.4) is 0 Å². The number of carbonyl (C=O) groups is 1. The van der Waals surface area contributed by atoms with Crippen molar-refractivity contribution in [2.75, 3.05) is 7.11 Å². The molecule has 0 aliphatic carbocycles. The molecule has 0 saturated carbocycles. The zero-order valence-electron chi connectivity index (χ0n) is 16.3. The lowest BCUT2D eigenvalue weighted by Crippen LogP contribution is -2.51. The first-order chi connectivity index (χ1) is 13.7. The summed E-state index contributed by atoms with van der Waals surface area (Å²) >= 11 is 0. The number of amides is 1. The molecule has 1 saturated heterocycles. The largest absolute Gasteiger partial charge is 0.445 e. The molecule has 0 spiro atoms. The lowest BCUT2D eigenvalue weighted by Gasteiger charge is -2.44. The van der Waals surface area contributed by atoms with E-state index in [1.165, 1.54) is 16.7 Å². The normalized spacial score (nSPS) is 21.2. The summed E-state index contributed by atoms with van der Waals surface area (Å²) in [5, 5.41) is 0. The Morgan fingerprint density at radius 3 is 2.46 bits per heavy atom. The van der Waals surface area contributed by atoms with Crippen LogP contribution >= 0.6 is 0 Å². The molecule has 146 valence electrons. The second-order valence-corrected chi connectivity index (χ2v) is 7.63. The summed E-state index contributed by atoms with van der Waals surface area (Å²) in [4.78, 5) is 14.8. The molecule has 4 rings (SSSR count). The topological polar surface area (TPSA) is 38.8 Å². The van der Waals surface area contributed by atoms with Gasteiger partial charge in [0, 0.05) is 13.2 Å². The van der Waals surface area contributed by atoms with Crippen LogP contribution < -0.4 is 0 Å². The third-order valence-corrected chi connectivity index (χ3v) is 5.69. The first-order valence-corrected chi connectivity index (χ1v) is 10.0. The Morgan fingerprint density at radius 2 is 1.75 bits per heavy atom. The van der Waals surface area contributed by atoms with Gasteiger partial charge in [0.25, 0.3) is 0 Å². The Hall–Kier alpha value is -2.59. The van der Waals surface area contributed by atoms with Crippen LogP contribution in [0, 0.1) is 0 Å². The number of hydrogen-bond donors (Lipinski definition) is 0. The highest BCUT2D eigenvalue weighted by atomic mass is 16.6. The van der Waals surface area contributed by atoms with Crippen LogP contribution in [0.15, 0.2) is 60.7 Å². The van der Waals surface area contributed by atoms with Crippen LogP contribution in [0.2, 0.25) is 0 Å². The van der Waals surface area contributed by atoms with E-state index in [1.54, 1.807) is 7.11 Å². The summed E-state index contributed by atoms with van der Waals surface area (Å²) in [6, 6.07) is 18.8. The highest BCUT2D eigenvalue weighted by molar-refractivity contribution is 5.74. The van der Waals surface area contributed by atoms with Crippen molar-refractivity contribution < 1.29 is 14.3 Å². The molecule has 2 heterocycles. The molecule has 2 aromatic carbocycles. The number of benzene rings is 2. The van der Waals surface area contributed by atoms with Crippen molar-refractivity contribution in [2.45, 2.75) is 51.0 Å². The number of rotatable bonds is 5. The Kier molecular flexibility index (Phi) is 5.77. The van der Waals surface area contributed by atoms with Crippen LogP contribution in [-0.4, -0.2) is 30.2 Å². The monoisotopic (exact) mass is 377 g/mol. The van der Waals surface area contributed by atoms with Gasteiger partial charge in [0.2, 0.25) is 0 Å². The standard InChI is InChI=1S/C24H27NO3/c1-27-16-19-10-12-20(13-11-19)21-14-22-8-5-9-23(15-21)25(22)24(26)28-17-18-6-3-2-4-7-18/h2-4,6-7,10-14,22-23H,5,8-9,15-17H2,1H3. The summed E-state index contributed by atoms with van der Waals surface area (Å²) in [5.41, 5.74) is 4.78.